The van der Waals surface area contributed by atoms with Gasteiger partial charge in [0.05, 0.1) is 62.0 Å². The fourth-order valence-corrected chi connectivity index (χ4v) is 10.7. The van der Waals surface area contributed by atoms with Crippen molar-refractivity contribution in [2.24, 2.45) is 15.9 Å². The summed E-state index contributed by atoms with van der Waals surface area (Å²) in [4.78, 5) is 41.6. The maximum atomic E-state index is 13.6. The summed E-state index contributed by atoms with van der Waals surface area (Å²) in [6, 6.07) is 20.3. The highest BCUT2D eigenvalue weighted by Crippen LogP contribution is 2.44. The fraction of sp³-hybridized carbons (Fsp3) is 0.360. The van der Waals surface area contributed by atoms with Crippen molar-refractivity contribution in [3.05, 3.63) is 113 Å². The molecule has 2 atom stereocenters. The van der Waals surface area contributed by atoms with Crippen LogP contribution >= 0.6 is 11.8 Å². The molecule has 0 radical (unpaired) electrons. The summed E-state index contributed by atoms with van der Waals surface area (Å²) in [7, 11) is 3.19. The highest BCUT2D eigenvalue weighted by molar-refractivity contribution is 7.99. The number of thioether (sulfide) groups is 1. The van der Waals surface area contributed by atoms with Crippen LogP contribution in [0.1, 0.15) is 76.4 Å². The van der Waals surface area contributed by atoms with Crippen LogP contribution in [0.2, 0.25) is 0 Å². The minimum Gasteiger partial charge on any atom is -0.493 e. The molecule has 0 aromatic heterocycles. The van der Waals surface area contributed by atoms with Crippen LogP contribution in [-0.4, -0.2) is 92.4 Å². The SMILES string of the molecule is C=C1C[C@H]2C=Nc3cc(OCCC(CCOc4cc5c(cc4OC)C(=O)N4CC(=C)C[C@H]4C=N5)CCSc4c(CC)ccc5c4Cc4ccccc4-5)c(OC)cc3C(=O)N2C1. The third kappa shape index (κ3) is 7.96. The van der Waals surface area contributed by atoms with Crippen LogP contribution in [0.3, 0.4) is 0 Å². The second-order valence-corrected chi connectivity index (χ2v) is 17.7. The lowest BCUT2D eigenvalue weighted by atomic mass is 9.99. The average molecular weight is 837 g/mol. The van der Waals surface area contributed by atoms with Crippen molar-refractivity contribution in [2.75, 3.05) is 46.3 Å². The molecule has 0 N–H and O–H groups in total. The first-order valence-corrected chi connectivity index (χ1v) is 22.3. The number of carbonyl (C=O) groups excluding carboxylic acids is 2. The normalized spacial score (nSPS) is 18.4. The first kappa shape index (κ1) is 40.6. The van der Waals surface area contributed by atoms with Crippen molar-refractivity contribution < 1.29 is 28.5 Å². The summed E-state index contributed by atoms with van der Waals surface area (Å²) in [6.07, 6.45) is 9.56. The predicted molar refractivity (Wildman–Crippen MR) is 243 cm³/mol. The van der Waals surface area contributed by atoms with E-state index >= 15 is 0 Å². The number of amides is 2. The Labute approximate surface area is 362 Å². The lowest BCUT2D eigenvalue weighted by Crippen LogP contribution is -2.35. The van der Waals surface area contributed by atoms with Crippen LogP contribution in [-0.2, 0) is 12.8 Å². The van der Waals surface area contributed by atoms with E-state index in [1.54, 1.807) is 26.4 Å². The summed E-state index contributed by atoms with van der Waals surface area (Å²) < 4.78 is 24.5. The predicted octanol–water partition coefficient (Wildman–Crippen LogP) is 9.85. The number of nitrogens with zero attached hydrogens (tertiary/aromatic N) is 4. The fourth-order valence-electron chi connectivity index (χ4n) is 9.33. The summed E-state index contributed by atoms with van der Waals surface area (Å²) in [5, 5.41) is 0. The van der Waals surface area contributed by atoms with Gasteiger partial charge in [-0.1, -0.05) is 67.6 Å². The first-order chi connectivity index (χ1) is 29.7. The number of hydrogen-bond acceptors (Lipinski definition) is 9. The van der Waals surface area contributed by atoms with E-state index in [1.165, 1.54) is 32.7 Å². The van der Waals surface area contributed by atoms with Crippen molar-refractivity contribution in [1.29, 1.82) is 0 Å². The minimum atomic E-state index is -0.0937. The Morgan fingerprint density at radius 1 is 0.721 bits per heavy atom. The molecule has 10 nitrogen and oxygen atoms in total. The lowest BCUT2D eigenvalue weighted by molar-refractivity contribution is 0.0769. The van der Waals surface area contributed by atoms with E-state index in [-0.39, 0.29) is 29.8 Å². The number of benzene rings is 4. The van der Waals surface area contributed by atoms with Gasteiger partial charge in [-0.25, -0.2) is 0 Å². The molecule has 2 saturated heterocycles. The van der Waals surface area contributed by atoms with E-state index < -0.39 is 0 Å². The molecule has 5 aliphatic rings. The van der Waals surface area contributed by atoms with Gasteiger partial charge < -0.3 is 28.7 Å². The molecule has 4 aromatic carbocycles. The summed E-state index contributed by atoms with van der Waals surface area (Å²) in [5.74, 6) is 3.17. The quantitative estimate of drug-likeness (QED) is 0.0765. The van der Waals surface area contributed by atoms with E-state index in [0.717, 1.165) is 61.8 Å². The Morgan fingerprint density at radius 3 is 1.85 bits per heavy atom. The Balaban J connectivity index is 0.917. The molecule has 1 aliphatic carbocycles. The van der Waals surface area contributed by atoms with Crippen LogP contribution < -0.4 is 18.9 Å². The minimum absolute atomic E-state index is 0.0751. The third-order valence-electron chi connectivity index (χ3n) is 12.6. The summed E-state index contributed by atoms with van der Waals surface area (Å²) in [5.41, 5.74) is 11.1. The molecule has 9 rings (SSSR count). The van der Waals surface area contributed by atoms with Crippen molar-refractivity contribution in [3.8, 4) is 34.1 Å². The number of aliphatic imine (C=N–C) groups is 2. The zero-order valence-electron chi connectivity index (χ0n) is 35.2. The Hall–Kier alpha value is -5.81. The Morgan fingerprint density at radius 2 is 1.30 bits per heavy atom. The number of rotatable bonds is 15. The Kier molecular flexibility index (Phi) is 11.5. The molecule has 4 aromatic rings. The molecule has 4 aliphatic heterocycles. The van der Waals surface area contributed by atoms with Gasteiger partial charge >= 0.3 is 0 Å². The number of hydrogen-bond donors (Lipinski definition) is 0. The van der Waals surface area contributed by atoms with Crippen molar-refractivity contribution in [2.45, 2.75) is 68.8 Å². The molecule has 11 heteroatoms. The second-order valence-electron chi connectivity index (χ2n) is 16.6. The van der Waals surface area contributed by atoms with Crippen molar-refractivity contribution in [3.63, 3.8) is 0 Å². The number of fused-ring (bicyclic) bond motifs is 7. The van der Waals surface area contributed by atoms with Crippen LogP contribution in [0.25, 0.3) is 11.1 Å². The van der Waals surface area contributed by atoms with Gasteiger partial charge in [0.1, 0.15) is 0 Å². The molecule has 0 bridgehead atoms. The number of methoxy groups -OCH3 is 2. The number of carbonyl (C=O) groups is 2. The molecule has 0 unspecified atom stereocenters. The third-order valence-corrected chi connectivity index (χ3v) is 13.9. The van der Waals surface area contributed by atoms with Gasteiger partial charge in [-0.3, -0.25) is 19.6 Å². The smallest absolute Gasteiger partial charge is 0.257 e. The molecular formula is C50H52N4O6S. The molecule has 4 heterocycles. The Bertz CT molecular complexity index is 2380. The molecule has 314 valence electrons. The van der Waals surface area contributed by atoms with Gasteiger partial charge in [0.15, 0.2) is 23.0 Å². The highest BCUT2D eigenvalue weighted by Gasteiger charge is 2.36. The first-order valence-electron chi connectivity index (χ1n) is 21.3. The zero-order valence-corrected chi connectivity index (χ0v) is 36.0. The van der Waals surface area contributed by atoms with Crippen molar-refractivity contribution >= 4 is 47.4 Å². The van der Waals surface area contributed by atoms with Gasteiger partial charge in [0, 0.05) is 42.5 Å². The van der Waals surface area contributed by atoms with Crippen LogP contribution in [0, 0.1) is 5.92 Å². The molecule has 2 amide bonds. The van der Waals surface area contributed by atoms with Crippen LogP contribution in [0.5, 0.6) is 23.0 Å². The zero-order chi connectivity index (χ0) is 42.2. The number of aryl methyl sites for hydroxylation is 1. The van der Waals surface area contributed by atoms with Gasteiger partial charge in [0.2, 0.25) is 0 Å². The van der Waals surface area contributed by atoms with Gasteiger partial charge in [-0.15, -0.1) is 11.8 Å². The molecule has 0 saturated carbocycles. The van der Waals surface area contributed by atoms with Gasteiger partial charge in [0.25, 0.3) is 11.8 Å². The van der Waals surface area contributed by atoms with E-state index in [1.807, 2.05) is 46.1 Å². The van der Waals surface area contributed by atoms with Gasteiger partial charge in [-0.05, 0) is 96.6 Å². The van der Waals surface area contributed by atoms with Crippen LogP contribution in [0.4, 0.5) is 11.4 Å². The van der Waals surface area contributed by atoms with E-state index in [9.17, 15) is 9.59 Å². The second kappa shape index (κ2) is 17.3. The van der Waals surface area contributed by atoms with E-state index in [4.69, 9.17) is 28.9 Å². The standard InChI is InChI=1S/C50H52N4O6S/c1-6-33-11-12-38-37-10-8-7-9-34(37)21-39(38)48(33)61-18-15-32(13-16-59-46-24-42-40(22-44(46)57-4)49(55)53-28-30(2)19-35(53)26-51-42)14-17-60-47-25-43-41(23-45(47)58-5)50(56)54-29-31(3)20-36(54)27-52-43/h7-12,22-27,32,35-36H,2-3,6,13-21,28-29H2,1,4-5H3/t35-,36-/m0/s1. The largest absolute Gasteiger partial charge is 0.493 e. The monoisotopic (exact) mass is 836 g/mol. The maximum Gasteiger partial charge on any atom is 0.257 e. The average Bonchev–Trinajstić information content (AvgIpc) is 3.93. The molecule has 61 heavy (non-hydrogen) atoms. The molecule has 2 fully saturated rings. The van der Waals surface area contributed by atoms with Crippen molar-refractivity contribution in [1.82, 2.24) is 9.80 Å². The number of ether oxygens (including phenoxy) is 4. The van der Waals surface area contributed by atoms with Crippen LogP contribution in [0.15, 0.2) is 99.8 Å². The summed E-state index contributed by atoms with van der Waals surface area (Å²) >= 11 is 1.96. The summed E-state index contributed by atoms with van der Waals surface area (Å²) in [6.45, 7) is 12.4. The maximum absolute atomic E-state index is 13.6. The lowest BCUT2D eigenvalue weighted by Gasteiger charge is -2.21. The molecule has 0 spiro atoms. The van der Waals surface area contributed by atoms with E-state index in [0.29, 0.717) is 71.8 Å². The topological polar surface area (TPSA) is 102 Å². The van der Waals surface area contributed by atoms with Gasteiger partial charge in [-0.2, -0.15) is 0 Å². The molecular weight excluding hydrogens is 785 g/mol. The highest BCUT2D eigenvalue weighted by atomic mass is 32.2. The van der Waals surface area contributed by atoms with E-state index in [2.05, 4.69) is 56.5 Å².